The second kappa shape index (κ2) is 7.69. The summed E-state index contributed by atoms with van der Waals surface area (Å²) in [6.07, 6.45) is 0. The van der Waals surface area contributed by atoms with Crippen molar-refractivity contribution in [3.8, 4) is 0 Å². The number of carbonyl (C=O) groups is 2. The van der Waals surface area contributed by atoms with E-state index in [4.69, 9.17) is 0 Å². The molecule has 0 radical (unpaired) electrons. The smallest absolute Gasteiger partial charge is 0.301 e. The molecule has 1 amide bonds. The van der Waals surface area contributed by atoms with Gasteiger partial charge in [0.1, 0.15) is 11.6 Å². The zero-order valence-electron chi connectivity index (χ0n) is 16.9. The van der Waals surface area contributed by atoms with E-state index >= 15 is 0 Å². The number of hydrogen-bond donors (Lipinski definition) is 1. The van der Waals surface area contributed by atoms with Gasteiger partial charge in [-0.05, 0) is 30.7 Å². The molecule has 3 aromatic carbocycles. The van der Waals surface area contributed by atoms with Crippen molar-refractivity contribution in [3.05, 3.63) is 101 Å². The van der Waals surface area contributed by atoms with Gasteiger partial charge in [-0.25, -0.2) is 9.37 Å². The van der Waals surface area contributed by atoms with Crippen LogP contribution in [0.3, 0.4) is 0 Å². The number of ketones is 1. The number of anilines is 1. The number of hydrogen-bond acceptors (Lipinski definition) is 5. The van der Waals surface area contributed by atoms with E-state index in [9.17, 15) is 19.1 Å². The highest BCUT2D eigenvalue weighted by Crippen LogP contribution is 2.44. The van der Waals surface area contributed by atoms with Crippen LogP contribution in [-0.2, 0) is 9.59 Å². The molecule has 1 fully saturated rings. The van der Waals surface area contributed by atoms with Crippen molar-refractivity contribution < 1.29 is 19.1 Å². The Labute approximate surface area is 187 Å². The lowest BCUT2D eigenvalue weighted by molar-refractivity contribution is -0.132. The predicted octanol–water partition coefficient (Wildman–Crippen LogP) is 5.37. The summed E-state index contributed by atoms with van der Waals surface area (Å²) in [5.41, 5.74) is 2.63. The van der Waals surface area contributed by atoms with E-state index in [1.54, 1.807) is 36.4 Å². The van der Waals surface area contributed by atoms with Crippen molar-refractivity contribution >= 4 is 44.1 Å². The second-order valence-electron chi connectivity index (χ2n) is 7.55. The zero-order chi connectivity index (χ0) is 22.4. The molecule has 0 bridgehead atoms. The number of aliphatic hydroxyl groups excluding tert-OH is 1. The SMILES string of the molecule is Cc1ccc(C(O)=C2C(=O)C(=O)N(c3nc4ccc(F)cc4s3)[C@H]2c2ccccc2)cc1. The molecule has 0 unspecified atom stereocenters. The molecule has 5 nitrogen and oxygen atoms in total. The first-order chi connectivity index (χ1) is 15.4. The largest absolute Gasteiger partial charge is 0.507 e. The maximum Gasteiger partial charge on any atom is 0.301 e. The molecular weight excluding hydrogens is 427 g/mol. The number of carbonyl (C=O) groups excluding carboxylic acids is 2. The Balaban J connectivity index is 1.72. The van der Waals surface area contributed by atoms with E-state index in [2.05, 4.69) is 4.98 Å². The van der Waals surface area contributed by atoms with Crippen LogP contribution in [0.4, 0.5) is 9.52 Å². The van der Waals surface area contributed by atoms with Crippen LogP contribution in [0.5, 0.6) is 0 Å². The van der Waals surface area contributed by atoms with Gasteiger partial charge in [-0.15, -0.1) is 0 Å². The summed E-state index contributed by atoms with van der Waals surface area (Å²) in [6, 6.07) is 19.4. The van der Waals surface area contributed by atoms with Crippen LogP contribution in [-0.4, -0.2) is 21.8 Å². The number of benzene rings is 3. The molecule has 4 aromatic rings. The third-order valence-electron chi connectivity index (χ3n) is 5.43. The minimum atomic E-state index is -0.858. The molecule has 7 heteroatoms. The predicted molar refractivity (Wildman–Crippen MR) is 122 cm³/mol. The number of aryl methyl sites for hydroxylation is 1. The third-order valence-corrected chi connectivity index (χ3v) is 6.45. The molecule has 1 aliphatic heterocycles. The highest BCUT2D eigenvalue weighted by atomic mass is 32.1. The van der Waals surface area contributed by atoms with Crippen molar-refractivity contribution in [2.75, 3.05) is 4.90 Å². The number of nitrogens with zero attached hydrogens (tertiary/aromatic N) is 2. The van der Waals surface area contributed by atoms with Gasteiger partial charge in [-0.1, -0.05) is 71.5 Å². The van der Waals surface area contributed by atoms with Crippen LogP contribution in [0.2, 0.25) is 0 Å². The van der Waals surface area contributed by atoms with Crippen molar-refractivity contribution in [1.29, 1.82) is 0 Å². The molecule has 1 aromatic heterocycles. The molecule has 1 atom stereocenters. The number of halogens is 1. The normalized spacial score (nSPS) is 17.9. The molecule has 0 spiro atoms. The summed E-state index contributed by atoms with van der Waals surface area (Å²) < 4.78 is 14.3. The van der Waals surface area contributed by atoms with E-state index in [1.807, 2.05) is 25.1 Å². The first-order valence-corrected chi connectivity index (χ1v) is 10.7. The maximum absolute atomic E-state index is 13.7. The molecule has 1 N–H and O–H groups in total. The summed E-state index contributed by atoms with van der Waals surface area (Å²) in [5.74, 6) is -2.23. The van der Waals surface area contributed by atoms with Crippen molar-refractivity contribution in [3.63, 3.8) is 0 Å². The van der Waals surface area contributed by atoms with Gasteiger partial charge in [0.2, 0.25) is 0 Å². The summed E-state index contributed by atoms with van der Waals surface area (Å²) in [4.78, 5) is 32.1. The molecule has 2 heterocycles. The van der Waals surface area contributed by atoms with Crippen LogP contribution >= 0.6 is 11.3 Å². The molecule has 5 rings (SSSR count). The molecule has 158 valence electrons. The Morgan fingerprint density at radius 3 is 2.47 bits per heavy atom. The molecule has 32 heavy (non-hydrogen) atoms. The first kappa shape index (κ1) is 20.1. The average Bonchev–Trinajstić information content (AvgIpc) is 3.32. The number of thiazole rings is 1. The van der Waals surface area contributed by atoms with E-state index < -0.39 is 23.5 Å². The van der Waals surface area contributed by atoms with Crippen LogP contribution in [0.25, 0.3) is 16.0 Å². The summed E-state index contributed by atoms with van der Waals surface area (Å²) in [5, 5.41) is 11.4. The summed E-state index contributed by atoms with van der Waals surface area (Å²) in [7, 11) is 0. The fourth-order valence-electron chi connectivity index (χ4n) is 3.84. The molecule has 1 saturated heterocycles. The maximum atomic E-state index is 13.7. The molecular formula is C25H17FN2O3S. The molecule has 0 aliphatic carbocycles. The highest BCUT2D eigenvalue weighted by molar-refractivity contribution is 7.22. The van der Waals surface area contributed by atoms with Crippen LogP contribution in [0.15, 0.2) is 78.4 Å². The van der Waals surface area contributed by atoms with Gasteiger partial charge in [0.25, 0.3) is 5.78 Å². The van der Waals surface area contributed by atoms with Crippen molar-refractivity contribution in [2.45, 2.75) is 13.0 Å². The van der Waals surface area contributed by atoms with E-state index in [-0.39, 0.29) is 16.5 Å². The number of Topliss-reactive ketones (excluding diaryl/α,β-unsaturated/α-hetero) is 1. The lowest BCUT2D eigenvalue weighted by Gasteiger charge is -2.22. The fraction of sp³-hybridized carbons (Fsp3) is 0.0800. The van der Waals surface area contributed by atoms with Crippen LogP contribution in [0, 0.1) is 12.7 Å². The summed E-state index contributed by atoms with van der Waals surface area (Å²) >= 11 is 1.12. The topological polar surface area (TPSA) is 70.5 Å². The first-order valence-electron chi connectivity index (χ1n) is 9.93. The summed E-state index contributed by atoms with van der Waals surface area (Å²) in [6.45, 7) is 1.92. The van der Waals surface area contributed by atoms with Gasteiger partial charge < -0.3 is 5.11 Å². The third kappa shape index (κ3) is 3.27. The lowest BCUT2D eigenvalue weighted by Crippen LogP contribution is -2.29. The lowest BCUT2D eigenvalue weighted by atomic mass is 9.95. The average molecular weight is 444 g/mol. The van der Waals surface area contributed by atoms with Crippen molar-refractivity contribution in [2.24, 2.45) is 0 Å². The number of amides is 1. The quantitative estimate of drug-likeness (QED) is 0.262. The van der Waals surface area contributed by atoms with Gasteiger partial charge in [0, 0.05) is 5.56 Å². The molecule has 1 aliphatic rings. The van der Waals surface area contributed by atoms with E-state index in [0.717, 1.165) is 16.9 Å². The van der Waals surface area contributed by atoms with E-state index in [1.165, 1.54) is 23.1 Å². The zero-order valence-corrected chi connectivity index (χ0v) is 17.8. The van der Waals surface area contributed by atoms with Gasteiger partial charge in [0.05, 0.1) is 21.8 Å². The van der Waals surface area contributed by atoms with Gasteiger partial charge >= 0.3 is 5.91 Å². The Morgan fingerprint density at radius 1 is 1.03 bits per heavy atom. The Hall–Kier alpha value is -3.84. The van der Waals surface area contributed by atoms with Gasteiger partial charge in [-0.2, -0.15) is 0 Å². The Bertz CT molecular complexity index is 1390. The fourth-order valence-corrected chi connectivity index (χ4v) is 4.85. The monoisotopic (exact) mass is 444 g/mol. The Kier molecular flexibility index (Phi) is 4.83. The van der Waals surface area contributed by atoms with Gasteiger partial charge in [0.15, 0.2) is 5.13 Å². The van der Waals surface area contributed by atoms with Crippen molar-refractivity contribution in [1.82, 2.24) is 4.98 Å². The Morgan fingerprint density at radius 2 is 1.75 bits per heavy atom. The minimum absolute atomic E-state index is 0.00418. The second-order valence-corrected chi connectivity index (χ2v) is 8.56. The number of fused-ring (bicyclic) bond motifs is 1. The van der Waals surface area contributed by atoms with Crippen LogP contribution in [0.1, 0.15) is 22.7 Å². The van der Waals surface area contributed by atoms with E-state index in [0.29, 0.717) is 21.3 Å². The van der Waals surface area contributed by atoms with Gasteiger partial charge in [-0.3, -0.25) is 14.5 Å². The molecule has 0 saturated carbocycles. The number of aliphatic hydroxyl groups is 1. The number of rotatable bonds is 3. The number of aromatic nitrogens is 1. The minimum Gasteiger partial charge on any atom is -0.507 e. The standard InChI is InChI=1S/C25H17FN2O3S/c1-14-7-9-16(10-8-14)22(29)20-21(15-5-3-2-4-6-15)28(24(31)23(20)30)25-27-18-12-11-17(26)13-19(18)32-25/h2-13,21,29H,1H3/t21-/m0/s1. The highest BCUT2D eigenvalue weighted by Gasteiger charge is 2.48. The van der Waals surface area contributed by atoms with Crippen LogP contribution < -0.4 is 4.90 Å².